The maximum absolute atomic E-state index is 12.2. The van der Waals surface area contributed by atoms with Crippen molar-refractivity contribution in [2.45, 2.75) is 30.7 Å². The number of sulfonamides is 1. The van der Waals surface area contributed by atoms with Crippen molar-refractivity contribution in [2.24, 2.45) is 5.92 Å². The lowest BCUT2D eigenvalue weighted by atomic mass is 10.2. The fourth-order valence-corrected chi connectivity index (χ4v) is 3.62. The van der Waals surface area contributed by atoms with Gasteiger partial charge in [0.05, 0.1) is 16.7 Å². The Morgan fingerprint density at radius 3 is 2.72 bits per heavy atom. The predicted octanol–water partition coefficient (Wildman–Crippen LogP) is 2.29. The summed E-state index contributed by atoms with van der Waals surface area (Å²) in [5, 5.41) is 8.92. The number of hydrogen-bond acceptors (Lipinski definition) is 3. The van der Waals surface area contributed by atoms with Crippen LogP contribution in [0.3, 0.4) is 0 Å². The molecule has 1 aliphatic carbocycles. The standard InChI is InChI=1S/C12H13ClN2O2S/c1-8(10-3-4-10)15-18(16,17)12-6-9(7-14)2-5-11(12)13/h2,5-6,8,10,15H,3-4H2,1H3. The molecule has 4 nitrogen and oxygen atoms in total. The van der Waals surface area contributed by atoms with Crippen LogP contribution in [-0.2, 0) is 10.0 Å². The van der Waals surface area contributed by atoms with E-state index in [0.29, 0.717) is 5.92 Å². The largest absolute Gasteiger partial charge is 0.242 e. The van der Waals surface area contributed by atoms with E-state index >= 15 is 0 Å². The van der Waals surface area contributed by atoms with E-state index in [-0.39, 0.29) is 21.5 Å². The fraction of sp³-hybridized carbons (Fsp3) is 0.417. The molecule has 1 saturated carbocycles. The third-order valence-electron chi connectivity index (χ3n) is 3.02. The number of halogens is 1. The molecule has 1 N–H and O–H groups in total. The summed E-state index contributed by atoms with van der Waals surface area (Å²) in [6, 6.07) is 6.02. The van der Waals surface area contributed by atoms with Gasteiger partial charge in [-0.05, 0) is 43.9 Å². The first kappa shape index (κ1) is 13.3. The first-order chi connectivity index (χ1) is 8.44. The second-order valence-electron chi connectivity index (χ2n) is 4.50. The molecule has 0 aromatic heterocycles. The molecule has 0 amide bonds. The molecule has 6 heteroatoms. The highest BCUT2D eigenvalue weighted by atomic mass is 35.5. The van der Waals surface area contributed by atoms with E-state index in [1.165, 1.54) is 18.2 Å². The number of benzene rings is 1. The van der Waals surface area contributed by atoms with Crippen LogP contribution in [-0.4, -0.2) is 14.5 Å². The highest BCUT2D eigenvalue weighted by molar-refractivity contribution is 7.89. The van der Waals surface area contributed by atoms with Gasteiger partial charge in [-0.1, -0.05) is 11.6 Å². The Balaban J connectivity index is 2.31. The zero-order valence-electron chi connectivity index (χ0n) is 9.85. The molecule has 0 saturated heterocycles. The van der Waals surface area contributed by atoms with E-state index in [9.17, 15) is 8.42 Å². The quantitative estimate of drug-likeness (QED) is 0.922. The molecule has 2 rings (SSSR count). The van der Waals surface area contributed by atoms with Crippen LogP contribution in [0.1, 0.15) is 25.3 Å². The van der Waals surface area contributed by atoms with Crippen LogP contribution < -0.4 is 4.72 Å². The van der Waals surface area contributed by atoms with Crippen molar-refractivity contribution >= 4 is 21.6 Å². The molecule has 0 aliphatic heterocycles. The van der Waals surface area contributed by atoms with E-state index in [4.69, 9.17) is 16.9 Å². The van der Waals surface area contributed by atoms with Gasteiger partial charge in [0.15, 0.2) is 0 Å². The van der Waals surface area contributed by atoms with Crippen LogP contribution in [0.2, 0.25) is 5.02 Å². The number of hydrogen-bond donors (Lipinski definition) is 1. The van der Waals surface area contributed by atoms with Crippen LogP contribution in [0, 0.1) is 17.2 Å². The summed E-state index contributed by atoms with van der Waals surface area (Å²) in [7, 11) is -3.66. The molecule has 0 radical (unpaired) electrons. The van der Waals surface area contributed by atoms with Crippen molar-refractivity contribution in [1.82, 2.24) is 4.72 Å². The molecule has 1 aromatic rings. The average Bonchev–Trinajstić information content (AvgIpc) is 3.12. The van der Waals surface area contributed by atoms with E-state index in [2.05, 4.69) is 4.72 Å². The third kappa shape index (κ3) is 2.83. The Bertz CT molecular complexity index is 603. The van der Waals surface area contributed by atoms with Crippen molar-refractivity contribution in [3.05, 3.63) is 28.8 Å². The average molecular weight is 285 g/mol. The highest BCUT2D eigenvalue weighted by Crippen LogP contribution is 2.33. The Kier molecular flexibility index (Phi) is 3.62. The van der Waals surface area contributed by atoms with Crippen LogP contribution in [0.15, 0.2) is 23.1 Å². The molecule has 18 heavy (non-hydrogen) atoms. The molecule has 0 heterocycles. The van der Waals surface area contributed by atoms with E-state index in [0.717, 1.165) is 12.8 Å². The molecule has 1 fully saturated rings. The monoisotopic (exact) mass is 284 g/mol. The van der Waals surface area contributed by atoms with Crippen molar-refractivity contribution in [3.8, 4) is 6.07 Å². The second-order valence-corrected chi connectivity index (χ2v) is 6.59. The first-order valence-electron chi connectivity index (χ1n) is 5.66. The third-order valence-corrected chi connectivity index (χ3v) is 5.06. The molecule has 0 bridgehead atoms. The van der Waals surface area contributed by atoms with Gasteiger partial charge in [-0.15, -0.1) is 0 Å². The molecular weight excluding hydrogens is 272 g/mol. The summed E-state index contributed by atoms with van der Waals surface area (Å²) < 4.78 is 26.9. The lowest BCUT2D eigenvalue weighted by molar-refractivity contribution is 0.538. The van der Waals surface area contributed by atoms with E-state index < -0.39 is 10.0 Å². The van der Waals surface area contributed by atoms with Crippen LogP contribution >= 0.6 is 11.6 Å². The summed E-state index contributed by atoms with van der Waals surface area (Å²) in [5.41, 5.74) is 0.277. The molecule has 0 spiro atoms. The molecule has 96 valence electrons. The topological polar surface area (TPSA) is 70.0 Å². The molecule has 1 aromatic carbocycles. The molecule has 1 aliphatic rings. The number of rotatable bonds is 4. The lowest BCUT2D eigenvalue weighted by Gasteiger charge is -2.14. The van der Waals surface area contributed by atoms with Gasteiger partial charge in [0.2, 0.25) is 10.0 Å². The fourth-order valence-electron chi connectivity index (χ4n) is 1.78. The first-order valence-corrected chi connectivity index (χ1v) is 7.52. The van der Waals surface area contributed by atoms with Crippen LogP contribution in [0.25, 0.3) is 0 Å². The summed E-state index contributed by atoms with van der Waals surface area (Å²) in [6.07, 6.45) is 2.10. The summed E-state index contributed by atoms with van der Waals surface area (Å²) in [4.78, 5) is -0.0317. The van der Waals surface area contributed by atoms with Gasteiger partial charge in [-0.3, -0.25) is 0 Å². The Hall–Kier alpha value is -1.09. The van der Waals surface area contributed by atoms with Gasteiger partial charge in [0, 0.05) is 6.04 Å². The maximum Gasteiger partial charge on any atom is 0.242 e. The van der Waals surface area contributed by atoms with Crippen molar-refractivity contribution in [2.75, 3.05) is 0 Å². The van der Waals surface area contributed by atoms with Gasteiger partial charge < -0.3 is 0 Å². The van der Waals surface area contributed by atoms with Crippen LogP contribution in [0.4, 0.5) is 0 Å². The lowest BCUT2D eigenvalue weighted by Crippen LogP contribution is -2.34. The van der Waals surface area contributed by atoms with Crippen LogP contribution in [0.5, 0.6) is 0 Å². The van der Waals surface area contributed by atoms with Crippen molar-refractivity contribution in [3.63, 3.8) is 0 Å². The van der Waals surface area contributed by atoms with E-state index in [1.54, 1.807) is 0 Å². The highest BCUT2D eigenvalue weighted by Gasteiger charge is 2.31. The van der Waals surface area contributed by atoms with Gasteiger partial charge in [-0.2, -0.15) is 5.26 Å². The van der Waals surface area contributed by atoms with Gasteiger partial charge in [0.25, 0.3) is 0 Å². The minimum absolute atomic E-state index is 0.0317. The zero-order valence-corrected chi connectivity index (χ0v) is 11.4. The zero-order chi connectivity index (χ0) is 13.3. The normalized spacial score (nSPS) is 17.2. The van der Waals surface area contributed by atoms with Gasteiger partial charge >= 0.3 is 0 Å². The van der Waals surface area contributed by atoms with E-state index in [1.807, 2.05) is 13.0 Å². The summed E-state index contributed by atoms with van der Waals surface area (Å²) in [5.74, 6) is 0.415. The molecule has 1 unspecified atom stereocenters. The number of nitrogens with zero attached hydrogens (tertiary/aromatic N) is 1. The minimum atomic E-state index is -3.66. The summed E-state index contributed by atoms with van der Waals surface area (Å²) >= 11 is 5.89. The number of nitrogens with one attached hydrogen (secondary N) is 1. The maximum atomic E-state index is 12.2. The molecular formula is C12H13ClN2O2S. The molecule has 1 atom stereocenters. The Morgan fingerprint density at radius 2 is 2.17 bits per heavy atom. The van der Waals surface area contributed by atoms with Gasteiger partial charge in [-0.25, -0.2) is 13.1 Å². The Morgan fingerprint density at radius 1 is 1.50 bits per heavy atom. The smallest absolute Gasteiger partial charge is 0.208 e. The minimum Gasteiger partial charge on any atom is -0.208 e. The Labute approximate surface area is 112 Å². The summed E-state index contributed by atoms with van der Waals surface area (Å²) in [6.45, 7) is 1.84. The van der Waals surface area contributed by atoms with Gasteiger partial charge in [0.1, 0.15) is 4.90 Å². The second kappa shape index (κ2) is 4.88. The van der Waals surface area contributed by atoms with Crippen molar-refractivity contribution in [1.29, 1.82) is 5.26 Å². The SMILES string of the molecule is CC(NS(=O)(=O)c1cc(C#N)ccc1Cl)C1CC1. The number of nitriles is 1. The van der Waals surface area contributed by atoms with Crippen molar-refractivity contribution < 1.29 is 8.42 Å². The predicted molar refractivity (Wildman–Crippen MR) is 68.7 cm³/mol.